The number of hydrogen-bond donors (Lipinski definition) is 1. The highest BCUT2D eigenvalue weighted by Gasteiger charge is 2.33. The number of nitrogens with one attached hydrogen (secondary N) is 1. The van der Waals surface area contributed by atoms with E-state index in [0.29, 0.717) is 30.7 Å². The quantitative estimate of drug-likeness (QED) is 0.449. The second-order valence-electron chi connectivity index (χ2n) is 11.0. The number of likely N-dealkylation sites (tertiary alicyclic amines) is 1. The van der Waals surface area contributed by atoms with Crippen LogP contribution >= 0.6 is 11.6 Å². The number of ether oxygens (including phenoxy) is 1. The first kappa shape index (κ1) is 27.3. The van der Waals surface area contributed by atoms with Gasteiger partial charge >= 0.3 is 0 Å². The van der Waals surface area contributed by atoms with E-state index in [2.05, 4.69) is 15.7 Å². The standard InChI is InChI=1S/C28H35ClN6O4S/c1-40(37,38)32-22-10-9-20(29)16-21(22)28(36)34-11-5-4-8-25(34)24-17-26-30-23(19-6-2-3-7-19)18-27(35(26)31-24)33-12-14-39-15-13-33/h9-10,16-19,25,32H,2-8,11-15H2,1H3/t25-/m0/s1. The minimum atomic E-state index is -3.59. The SMILES string of the molecule is CS(=O)(=O)Nc1ccc(Cl)cc1C(=O)N1CCCC[C@H]1c1cc2nc(C3CCCC3)cc(N3CCOCC3)n2n1. The summed E-state index contributed by atoms with van der Waals surface area (Å²) in [6.07, 6.45) is 8.41. The van der Waals surface area contributed by atoms with Gasteiger partial charge in [0.2, 0.25) is 10.0 Å². The second-order valence-corrected chi connectivity index (χ2v) is 13.2. The lowest BCUT2D eigenvalue weighted by Crippen LogP contribution is -2.39. The summed E-state index contributed by atoms with van der Waals surface area (Å²) in [5.74, 6) is 1.20. The molecule has 3 aromatic rings. The number of benzene rings is 1. The van der Waals surface area contributed by atoms with Crippen molar-refractivity contribution in [1.29, 1.82) is 0 Å². The fraction of sp³-hybridized carbons (Fsp3) is 0.536. The fourth-order valence-electron chi connectivity index (χ4n) is 6.23. The zero-order chi connectivity index (χ0) is 27.9. The Balaban J connectivity index is 1.39. The van der Waals surface area contributed by atoms with Crippen molar-refractivity contribution in [3.05, 3.63) is 52.3 Å². The molecule has 0 radical (unpaired) electrons. The Bertz CT molecular complexity index is 1510. The van der Waals surface area contributed by atoms with Crippen molar-refractivity contribution in [3.63, 3.8) is 0 Å². The van der Waals surface area contributed by atoms with Crippen molar-refractivity contribution in [2.45, 2.75) is 56.9 Å². The van der Waals surface area contributed by atoms with E-state index in [1.54, 1.807) is 11.0 Å². The highest BCUT2D eigenvalue weighted by molar-refractivity contribution is 7.92. The molecule has 1 N–H and O–H groups in total. The second kappa shape index (κ2) is 11.2. The molecule has 3 fully saturated rings. The Kier molecular flexibility index (Phi) is 7.62. The number of halogens is 1. The maximum atomic E-state index is 14.0. The van der Waals surface area contributed by atoms with Gasteiger partial charge < -0.3 is 14.5 Å². The van der Waals surface area contributed by atoms with Gasteiger partial charge in [-0.1, -0.05) is 24.4 Å². The van der Waals surface area contributed by atoms with Gasteiger partial charge in [0.1, 0.15) is 5.82 Å². The molecule has 0 spiro atoms. The molecule has 6 rings (SSSR count). The number of anilines is 2. The number of amides is 1. The number of nitrogens with zero attached hydrogens (tertiary/aromatic N) is 5. The van der Waals surface area contributed by atoms with E-state index in [1.807, 2.05) is 10.6 Å². The predicted molar refractivity (Wildman–Crippen MR) is 155 cm³/mol. The Hall–Kier alpha value is -2.89. The van der Waals surface area contributed by atoms with Crippen molar-refractivity contribution < 1.29 is 17.9 Å². The molecule has 1 amide bonds. The van der Waals surface area contributed by atoms with Crippen LogP contribution in [-0.4, -0.2) is 72.9 Å². The third kappa shape index (κ3) is 5.64. The van der Waals surface area contributed by atoms with Crippen molar-refractivity contribution in [1.82, 2.24) is 19.5 Å². The van der Waals surface area contributed by atoms with Gasteiger partial charge in [-0.05, 0) is 50.3 Å². The molecule has 4 heterocycles. The summed E-state index contributed by atoms with van der Waals surface area (Å²) in [5, 5.41) is 5.41. The normalized spacial score (nSPS) is 20.8. The number of piperidine rings is 1. The van der Waals surface area contributed by atoms with Crippen LogP contribution in [-0.2, 0) is 14.8 Å². The minimum Gasteiger partial charge on any atom is -0.378 e. The molecule has 2 aliphatic heterocycles. The highest BCUT2D eigenvalue weighted by Crippen LogP contribution is 2.37. The number of hydrogen-bond acceptors (Lipinski definition) is 7. The maximum absolute atomic E-state index is 14.0. The van der Waals surface area contributed by atoms with Crippen LogP contribution in [0.4, 0.5) is 11.5 Å². The number of carbonyl (C=O) groups is 1. The van der Waals surface area contributed by atoms with E-state index in [1.165, 1.54) is 25.0 Å². The molecule has 1 aliphatic carbocycles. The Morgan fingerprint density at radius 2 is 1.75 bits per heavy atom. The summed E-state index contributed by atoms with van der Waals surface area (Å²) >= 11 is 6.25. The lowest BCUT2D eigenvalue weighted by molar-refractivity contribution is 0.0607. The van der Waals surface area contributed by atoms with Crippen LogP contribution in [0.25, 0.3) is 5.65 Å². The zero-order valence-corrected chi connectivity index (χ0v) is 24.3. The molecule has 1 aromatic carbocycles. The molecule has 0 unspecified atom stereocenters. The zero-order valence-electron chi connectivity index (χ0n) is 22.7. The summed E-state index contributed by atoms with van der Waals surface area (Å²) in [6.45, 7) is 3.46. The monoisotopic (exact) mass is 586 g/mol. The molecule has 2 saturated heterocycles. The number of aromatic nitrogens is 3. The highest BCUT2D eigenvalue weighted by atomic mass is 35.5. The van der Waals surface area contributed by atoms with Crippen LogP contribution < -0.4 is 9.62 Å². The molecule has 214 valence electrons. The molecule has 2 aromatic heterocycles. The molecule has 0 bridgehead atoms. The van der Waals surface area contributed by atoms with Crippen molar-refractivity contribution in [2.24, 2.45) is 0 Å². The van der Waals surface area contributed by atoms with Gasteiger partial charge in [0, 0.05) is 48.4 Å². The summed E-state index contributed by atoms with van der Waals surface area (Å²) < 4.78 is 34.0. The van der Waals surface area contributed by atoms with E-state index in [-0.39, 0.29) is 23.2 Å². The number of rotatable bonds is 6. The molecule has 1 saturated carbocycles. The molecule has 1 atom stereocenters. The third-order valence-electron chi connectivity index (χ3n) is 8.17. The van der Waals surface area contributed by atoms with Gasteiger partial charge in [0.05, 0.1) is 42.5 Å². The average molecular weight is 587 g/mol. The number of morpholine rings is 1. The van der Waals surface area contributed by atoms with Crippen molar-refractivity contribution in [2.75, 3.05) is 48.7 Å². The van der Waals surface area contributed by atoms with E-state index in [4.69, 9.17) is 26.4 Å². The maximum Gasteiger partial charge on any atom is 0.256 e. The van der Waals surface area contributed by atoms with Gasteiger partial charge in [0.15, 0.2) is 5.65 Å². The molecule has 12 heteroatoms. The Morgan fingerprint density at radius 3 is 2.50 bits per heavy atom. The smallest absolute Gasteiger partial charge is 0.256 e. The summed E-state index contributed by atoms with van der Waals surface area (Å²) in [7, 11) is -3.59. The fourth-order valence-corrected chi connectivity index (χ4v) is 6.97. The van der Waals surface area contributed by atoms with Crippen LogP contribution in [0.5, 0.6) is 0 Å². The molecule has 10 nitrogen and oxygen atoms in total. The summed E-state index contributed by atoms with van der Waals surface area (Å²) in [5.41, 5.74) is 3.14. The lowest BCUT2D eigenvalue weighted by Gasteiger charge is -2.35. The molecule has 3 aliphatic rings. The minimum absolute atomic E-state index is 0.216. The number of sulfonamides is 1. The first-order valence-corrected chi connectivity index (χ1v) is 16.4. The van der Waals surface area contributed by atoms with Gasteiger partial charge in [-0.3, -0.25) is 9.52 Å². The first-order chi connectivity index (χ1) is 19.3. The van der Waals surface area contributed by atoms with Gasteiger partial charge in [0.25, 0.3) is 5.91 Å². The Morgan fingerprint density at radius 1 is 1.00 bits per heavy atom. The van der Waals surface area contributed by atoms with E-state index in [9.17, 15) is 13.2 Å². The van der Waals surface area contributed by atoms with Gasteiger partial charge in [-0.25, -0.2) is 13.4 Å². The molecular formula is C28H35ClN6O4S. The van der Waals surface area contributed by atoms with Crippen LogP contribution in [0.3, 0.4) is 0 Å². The van der Waals surface area contributed by atoms with E-state index >= 15 is 0 Å². The van der Waals surface area contributed by atoms with Crippen LogP contribution in [0.2, 0.25) is 5.02 Å². The predicted octanol–water partition coefficient (Wildman–Crippen LogP) is 4.62. The molecular weight excluding hydrogens is 552 g/mol. The van der Waals surface area contributed by atoms with E-state index in [0.717, 1.165) is 74.3 Å². The van der Waals surface area contributed by atoms with Crippen LogP contribution in [0.15, 0.2) is 30.3 Å². The van der Waals surface area contributed by atoms with Gasteiger partial charge in [-0.2, -0.15) is 9.61 Å². The van der Waals surface area contributed by atoms with E-state index < -0.39 is 10.0 Å². The number of carbonyl (C=O) groups excluding carboxylic acids is 1. The van der Waals surface area contributed by atoms with Gasteiger partial charge in [-0.15, -0.1) is 0 Å². The van der Waals surface area contributed by atoms with Crippen molar-refractivity contribution in [3.8, 4) is 0 Å². The number of fused-ring (bicyclic) bond motifs is 1. The van der Waals surface area contributed by atoms with Crippen molar-refractivity contribution >= 4 is 44.7 Å². The first-order valence-electron chi connectivity index (χ1n) is 14.1. The third-order valence-corrected chi connectivity index (χ3v) is 8.99. The molecule has 40 heavy (non-hydrogen) atoms. The van der Waals surface area contributed by atoms with Crippen LogP contribution in [0.1, 0.15) is 78.7 Å². The topological polar surface area (TPSA) is 109 Å². The summed E-state index contributed by atoms with van der Waals surface area (Å²) in [6, 6.07) is 8.58. The van der Waals surface area contributed by atoms with Crippen LogP contribution in [0, 0.1) is 0 Å². The summed E-state index contributed by atoms with van der Waals surface area (Å²) in [4.78, 5) is 23.1. The lowest BCUT2D eigenvalue weighted by atomic mass is 9.98. The average Bonchev–Trinajstić information content (AvgIpc) is 3.63. The Labute approximate surface area is 239 Å². The largest absolute Gasteiger partial charge is 0.378 e.